The monoisotopic (exact) mass is 261 g/mol. The molecule has 0 saturated carbocycles. The van der Waals surface area contributed by atoms with Crippen LogP contribution in [0, 0.1) is 11.3 Å². The highest BCUT2D eigenvalue weighted by molar-refractivity contribution is 6.08. The lowest BCUT2D eigenvalue weighted by Gasteiger charge is -2.12. The maximum Gasteiger partial charge on any atom is 0.0710 e. The maximum absolute atomic E-state index is 9.91. The van der Waals surface area contributed by atoms with E-state index >= 15 is 0 Å². The van der Waals surface area contributed by atoms with Crippen molar-refractivity contribution >= 4 is 21.5 Å². The van der Waals surface area contributed by atoms with Crippen molar-refractivity contribution in [1.82, 2.24) is 0 Å². The average Bonchev–Trinajstić information content (AvgIpc) is 2.48. The minimum atomic E-state index is -0.607. The third kappa shape index (κ3) is 2.24. The molecular formula is C18H15NO. The fraction of sp³-hybridized carbons (Fsp3) is 0.167. The molecule has 3 rings (SSSR count). The minimum absolute atomic E-state index is 0.168. The molecule has 98 valence electrons. The number of hydrogen-bond donors (Lipinski definition) is 1. The van der Waals surface area contributed by atoms with E-state index in [0.717, 1.165) is 10.9 Å². The van der Waals surface area contributed by atoms with Crippen LogP contribution in [0.3, 0.4) is 0 Å². The first-order valence-electron chi connectivity index (χ1n) is 6.74. The van der Waals surface area contributed by atoms with Crippen LogP contribution in [-0.2, 0) is 6.42 Å². The molecule has 20 heavy (non-hydrogen) atoms. The van der Waals surface area contributed by atoms with Gasteiger partial charge in [-0.05, 0) is 33.5 Å². The Morgan fingerprint density at radius 1 is 0.950 bits per heavy atom. The first kappa shape index (κ1) is 12.7. The minimum Gasteiger partial charge on any atom is -0.392 e. The van der Waals surface area contributed by atoms with Crippen LogP contribution >= 0.6 is 0 Å². The highest BCUT2D eigenvalue weighted by Crippen LogP contribution is 2.29. The largest absolute Gasteiger partial charge is 0.392 e. The van der Waals surface area contributed by atoms with Crippen LogP contribution in [-0.4, -0.2) is 11.2 Å². The van der Waals surface area contributed by atoms with E-state index in [-0.39, 0.29) is 6.42 Å². The molecule has 0 unspecified atom stereocenters. The van der Waals surface area contributed by atoms with E-state index in [4.69, 9.17) is 5.26 Å². The fourth-order valence-corrected chi connectivity index (χ4v) is 2.73. The molecule has 2 heteroatoms. The van der Waals surface area contributed by atoms with E-state index in [2.05, 4.69) is 30.3 Å². The predicted octanol–water partition coefficient (Wildman–Crippen LogP) is 3.81. The fourth-order valence-electron chi connectivity index (χ4n) is 2.73. The van der Waals surface area contributed by atoms with Gasteiger partial charge >= 0.3 is 0 Å². The van der Waals surface area contributed by atoms with Crippen molar-refractivity contribution in [1.29, 1.82) is 5.26 Å². The van der Waals surface area contributed by atoms with Crippen molar-refractivity contribution in [3.05, 3.63) is 60.2 Å². The van der Waals surface area contributed by atoms with Gasteiger partial charge in [-0.2, -0.15) is 5.26 Å². The Hall–Kier alpha value is -2.37. The lowest BCUT2D eigenvalue weighted by Crippen LogP contribution is -2.09. The average molecular weight is 261 g/mol. The Morgan fingerprint density at radius 2 is 1.60 bits per heavy atom. The summed E-state index contributed by atoms with van der Waals surface area (Å²) < 4.78 is 0. The van der Waals surface area contributed by atoms with Gasteiger partial charge < -0.3 is 5.11 Å². The Labute approximate surface area is 117 Å². The lowest BCUT2D eigenvalue weighted by atomic mass is 9.94. The molecule has 2 nitrogen and oxygen atoms in total. The van der Waals surface area contributed by atoms with Crippen LogP contribution in [0.4, 0.5) is 0 Å². The number of fused-ring (bicyclic) bond motifs is 3. The van der Waals surface area contributed by atoms with Gasteiger partial charge in [0.05, 0.1) is 18.6 Å². The van der Waals surface area contributed by atoms with Crippen LogP contribution in [0.1, 0.15) is 12.0 Å². The predicted molar refractivity (Wildman–Crippen MR) is 81.4 cm³/mol. The molecule has 0 aliphatic rings. The van der Waals surface area contributed by atoms with Gasteiger partial charge in [0.1, 0.15) is 0 Å². The van der Waals surface area contributed by atoms with Gasteiger partial charge in [0.25, 0.3) is 0 Å². The summed E-state index contributed by atoms with van der Waals surface area (Å²) in [6.45, 7) is 0. The van der Waals surface area contributed by atoms with Crippen LogP contribution in [0.15, 0.2) is 54.6 Å². The SMILES string of the molecule is N#CC[C@@H](O)Cc1cc2ccccc2c2ccccc12. The van der Waals surface area contributed by atoms with E-state index in [1.165, 1.54) is 16.2 Å². The molecule has 0 heterocycles. The molecule has 0 fully saturated rings. The zero-order chi connectivity index (χ0) is 13.9. The van der Waals surface area contributed by atoms with Crippen LogP contribution in [0.5, 0.6) is 0 Å². The van der Waals surface area contributed by atoms with Gasteiger partial charge in [-0.1, -0.05) is 54.6 Å². The molecule has 1 N–H and O–H groups in total. The highest BCUT2D eigenvalue weighted by Gasteiger charge is 2.10. The smallest absolute Gasteiger partial charge is 0.0710 e. The molecular weight excluding hydrogens is 246 g/mol. The molecule has 0 aliphatic heterocycles. The molecule has 1 atom stereocenters. The molecule has 3 aromatic rings. The van der Waals surface area contributed by atoms with Crippen molar-refractivity contribution in [3.8, 4) is 6.07 Å². The third-order valence-corrected chi connectivity index (χ3v) is 3.64. The Bertz CT molecular complexity index is 801. The zero-order valence-electron chi connectivity index (χ0n) is 11.1. The van der Waals surface area contributed by atoms with E-state index in [1.54, 1.807) is 0 Å². The van der Waals surface area contributed by atoms with Crippen molar-refractivity contribution < 1.29 is 5.11 Å². The van der Waals surface area contributed by atoms with Gasteiger partial charge in [0.2, 0.25) is 0 Å². The molecule has 0 bridgehead atoms. The summed E-state index contributed by atoms with van der Waals surface area (Å²) in [7, 11) is 0. The second kappa shape index (κ2) is 5.32. The van der Waals surface area contributed by atoms with Crippen LogP contribution in [0.2, 0.25) is 0 Å². The lowest BCUT2D eigenvalue weighted by molar-refractivity contribution is 0.180. The van der Waals surface area contributed by atoms with Gasteiger partial charge in [0.15, 0.2) is 0 Å². The normalized spacial score (nSPS) is 12.4. The van der Waals surface area contributed by atoms with Crippen molar-refractivity contribution in [2.75, 3.05) is 0 Å². The zero-order valence-corrected chi connectivity index (χ0v) is 11.1. The summed E-state index contributed by atoms with van der Waals surface area (Å²) in [5.41, 5.74) is 1.10. The second-order valence-corrected chi connectivity index (χ2v) is 5.02. The number of benzene rings is 3. The Morgan fingerprint density at radius 3 is 2.35 bits per heavy atom. The number of rotatable bonds is 3. The van der Waals surface area contributed by atoms with E-state index in [1.807, 2.05) is 30.3 Å². The summed E-state index contributed by atoms with van der Waals surface area (Å²) in [5, 5.41) is 23.4. The third-order valence-electron chi connectivity index (χ3n) is 3.64. The van der Waals surface area contributed by atoms with Crippen LogP contribution < -0.4 is 0 Å². The molecule has 3 aromatic carbocycles. The first-order chi connectivity index (χ1) is 9.79. The van der Waals surface area contributed by atoms with Gasteiger partial charge in [-0.15, -0.1) is 0 Å². The number of hydrogen-bond acceptors (Lipinski definition) is 2. The van der Waals surface area contributed by atoms with Crippen molar-refractivity contribution in [2.45, 2.75) is 18.9 Å². The van der Waals surface area contributed by atoms with Crippen LogP contribution in [0.25, 0.3) is 21.5 Å². The van der Waals surface area contributed by atoms with Crippen molar-refractivity contribution in [3.63, 3.8) is 0 Å². The topological polar surface area (TPSA) is 44.0 Å². The maximum atomic E-state index is 9.91. The molecule has 0 spiro atoms. The summed E-state index contributed by atoms with van der Waals surface area (Å²) in [5.74, 6) is 0. The molecule has 0 aliphatic carbocycles. The Balaban J connectivity index is 2.21. The first-order valence-corrected chi connectivity index (χ1v) is 6.74. The molecule has 0 aromatic heterocycles. The van der Waals surface area contributed by atoms with E-state index < -0.39 is 6.10 Å². The second-order valence-electron chi connectivity index (χ2n) is 5.02. The molecule has 0 saturated heterocycles. The quantitative estimate of drug-likeness (QED) is 0.728. The molecule has 0 amide bonds. The summed E-state index contributed by atoms with van der Waals surface area (Å²) >= 11 is 0. The Kier molecular flexibility index (Phi) is 3.37. The number of aliphatic hydroxyl groups excluding tert-OH is 1. The summed E-state index contributed by atoms with van der Waals surface area (Å²) in [6, 6.07) is 20.6. The van der Waals surface area contributed by atoms with Gasteiger partial charge in [0, 0.05) is 0 Å². The highest BCUT2D eigenvalue weighted by atomic mass is 16.3. The van der Waals surface area contributed by atoms with Gasteiger partial charge in [-0.3, -0.25) is 0 Å². The van der Waals surface area contributed by atoms with Gasteiger partial charge in [-0.25, -0.2) is 0 Å². The number of nitrogens with zero attached hydrogens (tertiary/aromatic N) is 1. The standard InChI is InChI=1S/C18H15NO/c19-10-9-15(20)12-14-11-13-5-1-2-6-16(13)18-8-4-3-7-17(14)18/h1-8,11,15,20H,9,12H2/t15-/m1/s1. The summed E-state index contributed by atoms with van der Waals surface area (Å²) in [6.07, 6.45) is 0.0737. The number of aliphatic hydroxyl groups is 1. The number of nitriles is 1. The summed E-state index contributed by atoms with van der Waals surface area (Å²) in [4.78, 5) is 0. The molecule has 0 radical (unpaired) electrons. The van der Waals surface area contributed by atoms with Crippen molar-refractivity contribution in [2.24, 2.45) is 0 Å². The van der Waals surface area contributed by atoms with E-state index in [0.29, 0.717) is 6.42 Å². The van der Waals surface area contributed by atoms with E-state index in [9.17, 15) is 5.11 Å².